The topological polar surface area (TPSA) is 82.5 Å². The molecule has 0 aliphatic rings. The minimum Gasteiger partial charge on any atom is -0.494 e. The fourth-order valence-corrected chi connectivity index (χ4v) is 2.72. The van der Waals surface area contributed by atoms with Crippen LogP contribution in [0.1, 0.15) is 20.3 Å². The van der Waals surface area contributed by atoms with Gasteiger partial charge < -0.3 is 14.8 Å². The first-order valence-corrected chi connectivity index (χ1v) is 9.57. The molecule has 3 rings (SSSR count). The number of anilines is 1. The van der Waals surface area contributed by atoms with Gasteiger partial charge in [-0.3, -0.25) is 9.59 Å². The van der Waals surface area contributed by atoms with E-state index in [1.807, 2.05) is 6.92 Å². The number of halogens is 1. The largest absolute Gasteiger partial charge is 0.494 e. The Morgan fingerprint density at radius 2 is 1.77 bits per heavy atom. The van der Waals surface area contributed by atoms with Crippen LogP contribution >= 0.6 is 0 Å². The van der Waals surface area contributed by atoms with Gasteiger partial charge >= 0.3 is 0 Å². The molecular formula is C22H22FN3O4. The maximum atomic E-state index is 13.1. The average Bonchev–Trinajstić information content (AvgIpc) is 2.75. The number of carbonyl (C=O) groups is 1. The Morgan fingerprint density at radius 3 is 2.40 bits per heavy atom. The zero-order valence-corrected chi connectivity index (χ0v) is 16.7. The van der Waals surface area contributed by atoms with Crippen molar-refractivity contribution in [1.82, 2.24) is 9.78 Å². The lowest BCUT2D eigenvalue weighted by Gasteiger charge is -2.17. The molecule has 30 heavy (non-hydrogen) atoms. The second kappa shape index (κ2) is 9.69. The van der Waals surface area contributed by atoms with Crippen molar-refractivity contribution in [3.05, 3.63) is 76.8 Å². The second-order valence-electron chi connectivity index (χ2n) is 6.36. The molecule has 1 atom stereocenters. The normalized spacial score (nSPS) is 11.6. The van der Waals surface area contributed by atoms with Crippen molar-refractivity contribution in [3.8, 4) is 17.3 Å². The summed E-state index contributed by atoms with van der Waals surface area (Å²) in [5.74, 6) is 0.0536. The van der Waals surface area contributed by atoms with E-state index in [2.05, 4.69) is 10.4 Å². The van der Waals surface area contributed by atoms with E-state index in [1.54, 1.807) is 31.2 Å². The summed E-state index contributed by atoms with van der Waals surface area (Å²) in [6, 6.07) is 15.0. The van der Waals surface area contributed by atoms with Gasteiger partial charge in [0, 0.05) is 17.8 Å². The SMILES string of the molecule is CCOc1ccc(NC(=O)[C@@H](CC)Oc2ccc(=O)n(-c3ccc(F)cc3)n2)cc1. The minimum atomic E-state index is -0.816. The summed E-state index contributed by atoms with van der Waals surface area (Å²) < 4.78 is 25.3. The lowest BCUT2D eigenvalue weighted by molar-refractivity contribution is -0.123. The Morgan fingerprint density at radius 1 is 1.07 bits per heavy atom. The third-order valence-electron chi connectivity index (χ3n) is 4.21. The molecule has 0 bridgehead atoms. The van der Waals surface area contributed by atoms with E-state index in [0.717, 1.165) is 4.68 Å². The summed E-state index contributed by atoms with van der Waals surface area (Å²) in [4.78, 5) is 24.7. The van der Waals surface area contributed by atoms with E-state index in [-0.39, 0.29) is 11.8 Å². The lowest BCUT2D eigenvalue weighted by Crippen LogP contribution is -2.33. The van der Waals surface area contributed by atoms with Crippen LogP contribution < -0.4 is 20.3 Å². The summed E-state index contributed by atoms with van der Waals surface area (Å²) in [6.07, 6.45) is -0.427. The van der Waals surface area contributed by atoms with Gasteiger partial charge in [0.05, 0.1) is 12.3 Å². The van der Waals surface area contributed by atoms with E-state index >= 15 is 0 Å². The molecule has 0 saturated heterocycles. The maximum absolute atomic E-state index is 13.1. The number of nitrogens with zero attached hydrogens (tertiary/aromatic N) is 2. The van der Waals surface area contributed by atoms with Gasteiger partial charge in [0.2, 0.25) is 5.88 Å². The predicted octanol–water partition coefficient (Wildman–Crippen LogP) is 3.57. The van der Waals surface area contributed by atoms with Gasteiger partial charge in [0.1, 0.15) is 11.6 Å². The molecule has 3 aromatic rings. The number of ether oxygens (including phenoxy) is 2. The molecule has 1 aromatic heterocycles. The summed E-state index contributed by atoms with van der Waals surface area (Å²) >= 11 is 0. The molecule has 2 aromatic carbocycles. The van der Waals surface area contributed by atoms with Gasteiger partial charge in [-0.2, -0.15) is 4.68 Å². The van der Waals surface area contributed by atoms with Crippen LogP contribution in [0.4, 0.5) is 10.1 Å². The molecule has 0 aliphatic heterocycles. The van der Waals surface area contributed by atoms with E-state index < -0.39 is 17.5 Å². The number of hydrogen-bond acceptors (Lipinski definition) is 5. The molecule has 7 nitrogen and oxygen atoms in total. The molecule has 0 saturated carbocycles. The Bertz CT molecular complexity index is 1050. The van der Waals surface area contributed by atoms with Gasteiger partial charge in [-0.25, -0.2) is 4.39 Å². The zero-order chi connectivity index (χ0) is 21.5. The van der Waals surface area contributed by atoms with E-state index in [0.29, 0.717) is 30.2 Å². The first-order valence-electron chi connectivity index (χ1n) is 9.57. The molecule has 0 unspecified atom stereocenters. The van der Waals surface area contributed by atoms with Gasteiger partial charge in [-0.1, -0.05) is 6.92 Å². The summed E-state index contributed by atoms with van der Waals surface area (Å²) in [6.45, 7) is 4.26. The molecule has 1 N–H and O–H groups in total. The highest BCUT2D eigenvalue weighted by molar-refractivity contribution is 5.94. The predicted molar refractivity (Wildman–Crippen MR) is 111 cm³/mol. The molecule has 1 amide bonds. The van der Waals surface area contributed by atoms with Crippen molar-refractivity contribution in [1.29, 1.82) is 0 Å². The summed E-state index contributed by atoms with van der Waals surface area (Å²) in [5.41, 5.74) is 0.592. The van der Waals surface area contributed by atoms with Crippen LogP contribution in [0.5, 0.6) is 11.6 Å². The Hall–Kier alpha value is -3.68. The first-order chi connectivity index (χ1) is 14.5. The van der Waals surface area contributed by atoms with Crippen LogP contribution in [0.2, 0.25) is 0 Å². The summed E-state index contributed by atoms with van der Waals surface area (Å²) in [5, 5.41) is 6.93. The van der Waals surface area contributed by atoms with Crippen molar-refractivity contribution >= 4 is 11.6 Å². The molecule has 0 fully saturated rings. The molecule has 8 heteroatoms. The lowest BCUT2D eigenvalue weighted by atomic mass is 10.2. The highest BCUT2D eigenvalue weighted by Gasteiger charge is 2.20. The van der Waals surface area contributed by atoms with Crippen LogP contribution in [0.3, 0.4) is 0 Å². The third kappa shape index (κ3) is 5.22. The standard InChI is InChI=1S/C22H22FN3O4/c1-3-19(22(28)24-16-7-11-18(12-8-16)29-4-2)30-20-13-14-21(27)26(25-20)17-9-5-15(23)6-10-17/h5-14,19H,3-4H2,1-2H3,(H,24,28)/t19-/m1/s1. The molecular weight excluding hydrogens is 389 g/mol. The van der Waals surface area contributed by atoms with Crippen LogP contribution in [0.25, 0.3) is 5.69 Å². The van der Waals surface area contributed by atoms with Gasteiger partial charge in [0.25, 0.3) is 11.5 Å². The smallest absolute Gasteiger partial charge is 0.271 e. The van der Waals surface area contributed by atoms with Crippen molar-refractivity contribution < 1.29 is 18.7 Å². The minimum absolute atomic E-state index is 0.104. The second-order valence-corrected chi connectivity index (χ2v) is 6.36. The summed E-state index contributed by atoms with van der Waals surface area (Å²) in [7, 11) is 0. The molecule has 1 heterocycles. The number of nitrogens with one attached hydrogen (secondary N) is 1. The van der Waals surface area contributed by atoms with Crippen LogP contribution in [-0.2, 0) is 4.79 Å². The van der Waals surface area contributed by atoms with E-state index in [1.165, 1.54) is 36.4 Å². The molecule has 156 valence electrons. The Labute approximate surface area is 173 Å². The average molecular weight is 411 g/mol. The quantitative estimate of drug-likeness (QED) is 0.613. The van der Waals surface area contributed by atoms with Gasteiger partial charge in [-0.15, -0.1) is 5.10 Å². The highest BCUT2D eigenvalue weighted by atomic mass is 19.1. The third-order valence-corrected chi connectivity index (χ3v) is 4.21. The Kier molecular flexibility index (Phi) is 6.79. The fraction of sp³-hybridized carbons (Fsp3) is 0.227. The van der Waals surface area contributed by atoms with Crippen LogP contribution in [-0.4, -0.2) is 28.4 Å². The number of carbonyl (C=O) groups excluding carboxylic acids is 1. The molecule has 0 spiro atoms. The van der Waals surface area contributed by atoms with Crippen molar-refractivity contribution in [3.63, 3.8) is 0 Å². The van der Waals surface area contributed by atoms with Crippen molar-refractivity contribution in [2.75, 3.05) is 11.9 Å². The monoisotopic (exact) mass is 411 g/mol. The fourth-order valence-electron chi connectivity index (χ4n) is 2.72. The van der Waals surface area contributed by atoms with Gasteiger partial charge in [-0.05, 0) is 61.9 Å². The number of hydrogen-bond donors (Lipinski definition) is 1. The maximum Gasteiger partial charge on any atom is 0.271 e. The van der Waals surface area contributed by atoms with Gasteiger partial charge in [0.15, 0.2) is 6.10 Å². The van der Waals surface area contributed by atoms with Crippen LogP contribution in [0, 0.1) is 5.82 Å². The highest BCUT2D eigenvalue weighted by Crippen LogP contribution is 2.17. The molecule has 0 aliphatic carbocycles. The zero-order valence-electron chi connectivity index (χ0n) is 16.7. The molecule has 0 radical (unpaired) electrons. The van der Waals surface area contributed by atoms with E-state index in [9.17, 15) is 14.0 Å². The van der Waals surface area contributed by atoms with Crippen molar-refractivity contribution in [2.24, 2.45) is 0 Å². The van der Waals surface area contributed by atoms with E-state index in [4.69, 9.17) is 9.47 Å². The number of benzene rings is 2. The van der Waals surface area contributed by atoms with Crippen molar-refractivity contribution in [2.45, 2.75) is 26.4 Å². The van der Waals surface area contributed by atoms with Crippen LogP contribution in [0.15, 0.2) is 65.5 Å². The number of rotatable bonds is 8. The first kappa shape index (κ1) is 21.0. The number of aromatic nitrogens is 2. The number of amides is 1. The Balaban J connectivity index is 1.73.